The average molecular weight is 856 g/mol. The van der Waals surface area contributed by atoms with Gasteiger partial charge in [0.15, 0.2) is 17.3 Å². The maximum Gasteiger partial charge on any atom is 0.315 e. The molecule has 5 amide bonds. The van der Waals surface area contributed by atoms with E-state index in [9.17, 15) is 24.3 Å². The zero-order chi connectivity index (χ0) is 44.3. The van der Waals surface area contributed by atoms with E-state index in [0.717, 1.165) is 26.2 Å². The number of carbonyl (C=O) groups is 4. The summed E-state index contributed by atoms with van der Waals surface area (Å²) in [7, 11) is 3.04. The highest BCUT2D eigenvalue weighted by Crippen LogP contribution is 2.30. The van der Waals surface area contributed by atoms with Gasteiger partial charge in [0.2, 0.25) is 0 Å². The smallest absolute Gasteiger partial charge is 0.315 e. The first-order chi connectivity index (χ1) is 29.3. The Morgan fingerprint density at radius 2 is 1.30 bits per heavy atom. The zero-order valence-electron chi connectivity index (χ0n) is 36.7. The van der Waals surface area contributed by atoms with E-state index in [1.54, 1.807) is 42.5 Å². The molecule has 61 heavy (non-hydrogen) atoms. The number of hydrogen-bond acceptors (Lipinski definition) is 13. The maximum absolute atomic E-state index is 14.7. The van der Waals surface area contributed by atoms with E-state index >= 15 is 0 Å². The number of methoxy groups -OCH3 is 2. The van der Waals surface area contributed by atoms with Crippen LogP contribution in [0.15, 0.2) is 48.5 Å². The van der Waals surface area contributed by atoms with Gasteiger partial charge in [-0.3, -0.25) is 24.8 Å². The summed E-state index contributed by atoms with van der Waals surface area (Å²) in [6, 6.07) is 10.3. The molecule has 18 nitrogen and oxygen atoms in total. The Labute approximate surface area is 360 Å². The van der Waals surface area contributed by atoms with Crippen LogP contribution in [0.4, 0.5) is 9.59 Å². The number of morpholine rings is 2. The maximum atomic E-state index is 14.7. The highest BCUT2D eigenvalue weighted by atomic mass is 16.5. The molecule has 2 aliphatic rings. The summed E-state index contributed by atoms with van der Waals surface area (Å²) >= 11 is 0. The first-order valence-electron chi connectivity index (χ1n) is 21.3. The number of Topliss-reactive ketones (excluding diaryl/α,β-unsaturated/α-hetero) is 1. The highest BCUT2D eigenvalue weighted by Gasteiger charge is 2.40. The lowest BCUT2D eigenvalue weighted by molar-refractivity contribution is -0.133. The number of rotatable bonds is 23. The van der Waals surface area contributed by atoms with Gasteiger partial charge in [0.1, 0.15) is 6.04 Å². The Morgan fingerprint density at radius 3 is 1.80 bits per heavy atom. The van der Waals surface area contributed by atoms with E-state index in [1.165, 1.54) is 19.2 Å². The number of amides is 5. The van der Waals surface area contributed by atoms with Crippen molar-refractivity contribution in [3.05, 3.63) is 59.7 Å². The second-order valence-corrected chi connectivity index (χ2v) is 16.1. The van der Waals surface area contributed by atoms with Gasteiger partial charge in [-0.05, 0) is 35.1 Å². The lowest BCUT2D eigenvalue weighted by atomic mass is 9.80. The summed E-state index contributed by atoms with van der Waals surface area (Å²) in [5, 5.41) is 25.1. The molecule has 3 unspecified atom stereocenters. The molecule has 340 valence electrons. The predicted octanol–water partition coefficient (Wildman–Crippen LogP) is 1.10. The molecule has 5 atom stereocenters. The SMILES string of the molecule is COc1ccc(CN(CC(O)C(C(=O)[C@@H](NC(=O)NCCN2CCOCC2)C(C)C)C(N)c2ccccc2)NC(=O)[C@@H](NC(=O)NCCN2CCOCC2)C(C)C)cc1OC. The van der Waals surface area contributed by atoms with Gasteiger partial charge >= 0.3 is 12.1 Å². The quantitative estimate of drug-likeness (QED) is 0.0780. The predicted molar refractivity (Wildman–Crippen MR) is 231 cm³/mol. The van der Waals surface area contributed by atoms with Crippen LogP contribution in [-0.4, -0.2) is 161 Å². The number of urea groups is 2. The molecular weight excluding hydrogens is 787 g/mol. The van der Waals surface area contributed by atoms with Crippen LogP contribution in [0.2, 0.25) is 0 Å². The Hall–Kier alpha value is -4.56. The molecule has 0 saturated carbocycles. The minimum atomic E-state index is -1.45. The van der Waals surface area contributed by atoms with Gasteiger partial charge in [-0.15, -0.1) is 0 Å². The molecule has 0 spiro atoms. The lowest BCUT2D eigenvalue weighted by Gasteiger charge is -2.35. The molecule has 0 bridgehead atoms. The van der Waals surface area contributed by atoms with Gasteiger partial charge in [0.25, 0.3) is 5.91 Å². The summed E-state index contributed by atoms with van der Waals surface area (Å²) < 4.78 is 21.8. The summed E-state index contributed by atoms with van der Waals surface area (Å²) in [6.07, 6.45) is -1.45. The minimum Gasteiger partial charge on any atom is -0.493 e. The molecule has 8 N–H and O–H groups in total. The molecular formula is C43H69N9O9. The summed E-state index contributed by atoms with van der Waals surface area (Å²) in [4.78, 5) is 59.5. The first kappa shape index (κ1) is 49.1. The largest absolute Gasteiger partial charge is 0.493 e. The fourth-order valence-corrected chi connectivity index (χ4v) is 7.40. The van der Waals surface area contributed by atoms with Gasteiger partial charge < -0.3 is 51.1 Å². The average Bonchev–Trinajstić information content (AvgIpc) is 3.25. The number of aliphatic hydroxyl groups is 1. The molecule has 2 fully saturated rings. The topological polar surface area (TPSA) is 221 Å². The van der Waals surface area contributed by atoms with E-state index in [0.29, 0.717) is 75.2 Å². The fourth-order valence-electron chi connectivity index (χ4n) is 7.40. The number of ketones is 1. The summed E-state index contributed by atoms with van der Waals surface area (Å²) in [5.41, 5.74) is 11.1. The van der Waals surface area contributed by atoms with E-state index < -0.39 is 53.9 Å². The standard InChI is InChI=1S/C43H69N9O9/c1-29(2)38(47-42(56)45-14-16-50-18-22-60-23-19-50)40(54)36(37(44)32-10-8-7-9-11-32)33(53)28-52(27-31-12-13-34(58-5)35(26-31)59-6)49-41(55)39(30(3)4)48-43(57)46-15-17-51-20-24-61-25-21-51/h7-13,26,29-30,33,36-39,53H,14-25,27-28,44H2,1-6H3,(H,49,55)(H2,45,47,56)(H2,46,48,57)/t33?,36?,37?,38-,39-/m0/s1. The van der Waals surface area contributed by atoms with Gasteiger partial charge in [-0.1, -0.05) is 64.1 Å². The third-order valence-corrected chi connectivity index (χ3v) is 10.9. The fraction of sp³-hybridized carbons (Fsp3) is 0.628. The number of carbonyl (C=O) groups excluding carboxylic acids is 4. The van der Waals surface area contributed by atoms with Crippen molar-refractivity contribution >= 4 is 23.8 Å². The Morgan fingerprint density at radius 1 is 0.770 bits per heavy atom. The number of aliphatic hydroxyl groups excluding tert-OH is 1. The number of ether oxygens (including phenoxy) is 4. The van der Waals surface area contributed by atoms with Gasteiger partial charge in [-0.25, -0.2) is 14.6 Å². The third-order valence-electron chi connectivity index (χ3n) is 10.9. The van der Waals surface area contributed by atoms with Crippen LogP contribution in [0.25, 0.3) is 0 Å². The normalized spacial score (nSPS) is 17.5. The van der Waals surface area contributed by atoms with Crippen LogP contribution in [0.5, 0.6) is 11.5 Å². The first-order valence-corrected chi connectivity index (χ1v) is 21.3. The molecule has 2 aliphatic heterocycles. The monoisotopic (exact) mass is 856 g/mol. The van der Waals surface area contributed by atoms with Crippen molar-refractivity contribution in [1.29, 1.82) is 0 Å². The molecule has 2 aromatic carbocycles. The summed E-state index contributed by atoms with van der Waals surface area (Å²) in [6.45, 7) is 14.8. The molecule has 2 heterocycles. The van der Waals surface area contributed by atoms with Gasteiger partial charge in [0.05, 0.1) is 58.7 Å². The van der Waals surface area contributed by atoms with Crippen molar-refractivity contribution in [2.24, 2.45) is 23.5 Å². The Bertz CT molecular complexity index is 1660. The molecule has 18 heteroatoms. The number of hydrogen-bond donors (Lipinski definition) is 7. The van der Waals surface area contributed by atoms with Crippen LogP contribution in [0, 0.1) is 17.8 Å². The van der Waals surface area contributed by atoms with E-state index in [-0.39, 0.29) is 24.9 Å². The molecule has 0 aliphatic carbocycles. The number of hydrazine groups is 1. The number of nitrogens with one attached hydrogen (secondary N) is 5. The third kappa shape index (κ3) is 15.7. The van der Waals surface area contributed by atoms with Crippen LogP contribution in [0.1, 0.15) is 44.9 Å². The lowest BCUT2D eigenvalue weighted by Crippen LogP contribution is -2.59. The van der Waals surface area contributed by atoms with Crippen molar-refractivity contribution in [3.63, 3.8) is 0 Å². The van der Waals surface area contributed by atoms with Crippen molar-refractivity contribution in [2.75, 3.05) is 99.5 Å². The van der Waals surface area contributed by atoms with Gasteiger partial charge in [-0.2, -0.15) is 0 Å². The molecule has 4 rings (SSSR count). The van der Waals surface area contributed by atoms with Crippen LogP contribution < -0.4 is 41.9 Å². The van der Waals surface area contributed by atoms with E-state index in [4.69, 9.17) is 24.7 Å². The summed E-state index contributed by atoms with van der Waals surface area (Å²) in [5.74, 6) is -1.96. The van der Waals surface area contributed by atoms with Crippen LogP contribution in [-0.2, 0) is 25.6 Å². The van der Waals surface area contributed by atoms with Crippen molar-refractivity contribution in [1.82, 2.24) is 41.5 Å². The Balaban J connectivity index is 1.56. The van der Waals surface area contributed by atoms with Crippen molar-refractivity contribution in [2.45, 2.75) is 58.5 Å². The number of benzene rings is 2. The minimum absolute atomic E-state index is 0.0542. The molecule has 0 radical (unpaired) electrons. The van der Waals surface area contributed by atoms with Crippen LogP contribution in [0.3, 0.4) is 0 Å². The van der Waals surface area contributed by atoms with Crippen LogP contribution >= 0.6 is 0 Å². The molecule has 0 aromatic heterocycles. The van der Waals surface area contributed by atoms with E-state index in [1.807, 2.05) is 33.8 Å². The van der Waals surface area contributed by atoms with Crippen molar-refractivity contribution < 1.29 is 43.2 Å². The van der Waals surface area contributed by atoms with Crippen molar-refractivity contribution in [3.8, 4) is 11.5 Å². The van der Waals surface area contributed by atoms with E-state index in [2.05, 4.69) is 36.5 Å². The highest BCUT2D eigenvalue weighted by molar-refractivity contribution is 5.91. The second kappa shape index (κ2) is 25.4. The second-order valence-electron chi connectivity index (χ2n) is 16.1. The number of nitrogens with two attached hydrogens (primary N) is 1. The number of nitrogens with zero attached hydrogens (tertiary/aromatic N) is 3. The Kier molecular flexibility index (Phi) is 20.4. The van der Waals surface area contributed by atoms with Gasteiger partial charge in [0, 0.05) is 71.5 Å². The molecule has 2 saturated heterocycles. The zero-order valence-corrected chi connectivity index (χ0v) is 36.7. The molecule has 2 aromatic rings.